The van der Waals surface area contributed by atoms with Crippen LogP contribution in [0.4, 0.5) is 0 Å². The van der Waals surface area contributed by atoms with Crippen molar-refractivity contribution in [3.05, 3.63) is 17.8 Å². The number of guanidine groups is 1. The van der Waals surface area contributed by atoms with E-state index in [1.165, 1.54) is 38.9 Å². The smallest absolute Gasteiger partial charge is 0.213 e. The molecule has 0 aliphatic carbocycles. The number of nitrogens with one attached hydrogen (secondary N) is 2. The van der Waals surface area contributed by atoms with Gasteiger partial charge in [-0.25, -0.2) is 4.98 Å². The monoisotopic (exact) mass is 363 g/mol. The third-order valence-electron chi connectivity index (χ3n) is 4.86. The second-order valence-corrected chi connectivity index (χ2v) is 8.48. The number of likely N-dealkylation sites (tertiary alicyclic amines) is 1. The summed E-state index contributed by atoms with van der Waals surface area (Å²) in [6, 6.07) is 0. The van der Waals surface area contributed by atoms with E-state index in [0.717, 1.165) is 30.6 Å². The van der Waals surface area contributed by atoms with E-state index in [4.69, 9.17) is 4.42 Å². The number of aromatic nitrogens is 1. The van der Waals surface area contributed by atoms with Gasteiger partial charge in [0, 0.05) is 25.6 Å². The van der Waals surface area contributed by atoms with Crippen molar-refractivity contribution in [2.45, 2.75) is 65.3 Å². The van der Waals surface area contributed by atoms with Gasteiger partial charge in [0.25, 0.3) is 0 Å². The molecule has 2 rings (SSSR count). The van der Waals surface area contributed by atoms with E-state index >= 15 is 0 Å². The molecule has 26 heavy (non-hydrogen) atoms. The molecule has 0 aromatic carbocycles. The number of hydrogen-bond donors (Lipinski definition) is 2. The molecule has 1 unspecified atom stereocenters. The van der Waals surface area contributed by atoms with E-state index < -0.39 is 0 Å². The van der Waals surface area contributed by atoms with E-state index in [-0.39, 0.29) is 5.41 Å². The van der Waals surface area contributed by atoms with Crippen molar-refractivity contribution in [1.82, 2.24) is 20.5 Å². The average molecular weight is 364 g/mol. The highest BCUT2D eigenvalue weighted by Crippen LogP contribution is 2.22. The maximum Gasteiger partial charge on any atom is 0.213 e. The van der Waals surface area contributed by atoms with Crippen LogP contribution in [0.5, 0.6) is 0 Å². The maximum absolute atomic E-state index is 5.80. The summed E-state index contributed by atoms with van der Waals surface area (Å²) >= 11 is 0. The second-order valence-electron chi connectivity index (χ2n) is 8.48. The Morgan fingerprint density at radius 2 is 2.15 bits per heavy atom. The van der Waals surface area contributed by atoms with Crippen LogP contribution in [-0.4, -0.2) is 49.1 Å². The molecule has 0 spiro atoms. The van der Waals surface area contributed by atoms with E-state index in [2.05, 4.69) is 53.2 Å². The predicted molar refractivity (Wildman–Crippen MR) is 107 cm³/mol. The molecule has 6 heteroatoms. The number of unbranched alkanes of at least 4 members (excludes halogenated alkanes) is 1. The highest BCUT2D eigenvalue weighted by Gasteiger charge is 2.19. The summed E-state index contributed by atoms with van der Waals surface area (Å²) in [5.41, 5.74) is -0.0165. The standard InChI is InChI=1S/C20H37N5O/c1-16-9-8-12-25(15-16)11-7-6-10-22-19(21-5)24-14-18-23-13-17(26-18)20(2,3)4/h13,16H,6-12,14-15H2,1-5H3,(H2,21,22,24). The van der Waals surface area contributed by atoms with Crippen molar-refractivity contribution in [1.29, 1.82) is 0 Å². The van der Waals surface area contributed by atoms with Gasteiger partial charge in [0.15, 0.2) is 5.96 Å². The number of oxazole rings is 1. The number of hydrogen-bond acceptors (Lipinski definition) is 4. The van der Waals surface area contributed by atoms with E-state index in [1.807, 2.05) is 6.20 Å². The Kier molecular flexibility index (Phi) is 7.94. The van der Waals surface area contributed by atoms with Crippen LogP contribution in [-0.2, 0) is 12.0 Å². The molecule has 1 aromatic rings. The first-order chi connectivity index (χ1) is 12.4. The van der Waals surface area contributed by atoms with E-state index in [1.54, 1.807) is 7.05 Å². The van der Waals surface area contributed by atoms with Crippen LogP contribution in [0.1, 0.15) is 65.0 Å². The Balaban J connectivity index is 1.61. The first-order valence-electron chi connectivity index (χ1n) is 10.0. The Morgan fingerprint density at radius 1 is 1.35 bits per heavy atom. The lowest BCUT2D eigenvalue weighted by Gasteiger charge is -2.30. The molecule has 0 bridgehead atoms. The summed E-state index contributed by atoms with van der Waals surface area (Å²) in [4.78, 5) is 11.2. The molecule has 1 fully saturated rings. The molecular formula is C20H37N5O. The van der Waals surface area contributed by atoms with E-state index in [9.17, 15) is 0 Å². The van der Waals surface area contributed by atoms with Crippen LogP contribution in [0.2, 0.25) is 0 Å². The molecule has 0 radical (unpaired) electrons. The number of nitrogens with zero attached hydrogens (tertiary/aromatic N) is 3. The lowest BCUT2D eigenvalue weighted by atomic mass is 9.94. The minimum absolute atomic E-state index is 0.0165. The van der Waals surface area contributed by atoms with Gasteiger partial charge in [-0.15, -0.1) is 0 Å². The van der Waals surface area contributed by atoms with Crippen LogP contribution < -0.4 is 10.6 Å². The first-order valence-corrected chi connectivity index (χ1v) is 10.0. The lowest BCUT2D eigenvalue weighted by Crippen LogP contribution is -2.38. The van der Waals surface area contributed by atoms with Crippen molar-refractivity contribution in [2.75, 3.05) is 33.2 Å². The molecule has 1 aliphatic heterocycles. The lowest BCUT2D eigenvalue weighted by molar-refractivity contribution is 0.181. The molecule has 1 saturated heterocycles. The van der Waals surface area contributed by atoms with Gasteiger partial charge >= 0.3 is 0 Å². The quantitative estimate of drug-likeness (QED) is 0.443. The van der Waals surface area contributed by atoms with Crippen molar-refractivity contribution >= 4 is 5.96 Å². The maximum atomic E-state index is 5.80. The van der Waals surface area contributed by atoms with E-state index in [0.29, 0.717) is 12.4 Å². The second kappa shape index (κ2) is 9.95. The molecule has 1 aromatic heterocycles. The SMILES string of the molecule is CN=C(NCCCCN1CCCC(C)C1)NCc1ncc(C(C)(C)C)o1. The molecule has 0 saturated carbocycles. The summed E-state index contributed by atoms with van der Waals surface area (Å²) in [6.07, 6.45) is 6.94. The fraction of sp³-hybridized carbons (Fsp3) is 0.800. The van der Waals surface area contributed by atoms with Crippen molar-refractivity contribution in [3.8, 4) is 0 Å². The van der Waals surface area contributed by atoms with Gasteiger partial charge in [-0.05, 0) is 44.7 Å². The highest BCUT2D eigenvalue weighted by molar-refractivity contribution is 5.79. The minimum Gasteiger partial charge on any atom is -0.443 e. The van der Waals surface area contributed by atoms with Gasteiger partial charge in [0.2, 0.25) is 5.89 Å². The van der Waals surface area contributed by atoms with Crippen LogP contribution >= 0.6 is 0 Å². The summed E-state index contributed by atoms with van der Waals surface area (Å²) in [6.45, 7) is 14.0. The number of piperidine rings is 1. The van der Waals surface area contributed by atoms with Crippen LogP contribution in [0.25, 0.3) is 0 Å². The molecule has 2 N–H and O–H groups in total. The molecule has 0 amide bonds. The normalized spacial score (nSPS) is 19.6. The largest absolute Gasteiger partial charge is 0.443 e. The van der Waals surface area contributed by atoms with Gasteiger partial charge in [-0.2, -0.15) is 0 Å². The third kappa shape index (κ3) is 6.98. The zero-order chi connectivity index (χ0) is 19.0. The third-order valence-corrected chi connectivity index (χ3v) is 4.86. The van der Waals surface area contributed by atoms with Crippen molar-refractivity contribution in [2.24, 2.45) is 10.9 Å². The van der Waals surface area contributed by atoms with Crippen LogP contribution in [0, 0.1) is 5.92 Å². The molecular weight excluding hydrogens is 326 g/mol. The molecule has 2 heterocycles. The fourth-order valence-electron chi connectivity index (χ4n) is 3.28. The van der Waals surface area contributed by atoms with Gasteiger partial charge in [-0.1, -0.05) is 27.7 Å². The van der Waals surface area contributed by atoms with Crippen molar-refractivity contribution < 1.29 is 4.42 Å². The molecule has 148 valence electrons. The summed E-state index contributed by atoms with van der Waals surface area (Å²) in [5.74, 6) is 3.26. The van der Waals surface area contributed by atoms with Crippen LogP contribution in [0.15, 0.2) is 15.6 Å². The zero-order valence-corrected chi connectivity index (χ0v) is 17.3. The Labute approximate surface area is 158 Å². The van der Waals surface area contributed by atoms with Gasteiger partial charge in [-0.3, -0.25) is 4.99 Å². The Hall–Kier alpha value is -1.56. The predicted octanol–water partition coefficient (Wildman–Crippen LogP) is 3.15. The summed E-state index contributed by atoms with van der Waals surface area (Å²) in [5, 5.41) is 6.64. The summed E-state index contributed by atoms with van der Waals surface area (Å²) in [7, 11) is 1.79. The summed E-state index contributed by atoms with van der Waals surface area (Å²) < 4.78 is 5.80. The van der Waals surface area contributed by atoms with Crippen LogP contribution in [0.3, 0.4) is 0 Å². The van der Waals surface area contributed by atoms with Gasteiger partial charge in [0.05, 0.1) is 12.7 Å². The number of rotatable bonds is 7. The van der Waals surface area contributed by atoms with Gasteiger partial charge < -0.3 is 20.0 Å². The average Bonchev–Trinajstić information content (AvgIpc) is 3.07. The van der Waals surface area contributed by atoms with Crippen molar-refractivity contribution in [3.63, 3.8) is 0 Å². The Bertz CT molecular complexity index is 561. The number of aliphatic imine (C=N–C) groups is 1. The molecule has 6 nitrogen and oxygen atoms in total. The first kappa shape index (κ1) is 20.7. The molecule has 1 atom stereocenters. The minimum atomic E-state index is -0.0165. The molecule has 1 aliphatic rings. The topological polar surface area (TPSA) is 65.7 Å². The van der Waals surface area contributed by atoms with Gasteiger partial charge in [0.1, 0.15) is 5.76 Å². The highest BCUT2D eigenvalue weighted by atomic mass is 16.4. The Morgan fingerprint density at radius 3 is 2.81 bits per heavy atom. The fourth-order valence-corrected chi connectivity index (χ4v) is 3.28. The zero-order valence-electron chi connectivity index (χ0n) is 17.3.